The van der Waals surface area contributed by atoms with Gasteiger partial charge >= 0.3 is 0 Å². The molecule has 1 fully saturated rings. The summed E-state index contributed by atoms with van der Waals surface area (Å²) in [5.41, 5.74) is 7.01. The normalized spacial score (nSPS) is 16.8. The van der Waals surface area contributed by atoms with Crippen LogP contribution in [0.4, 0.5) is 17.3 Å². The molecule has 2 aliphatic rings. The van der Waals surface area contributed by atoms with Crippen LogP contribution in [0.15, 0.2) is 60.8 Å². The van der Waals surface area contributed by atoms with Crippen LogP contribution in [0.3, 0.4) is 0 Å². The minimum Gasteiger partial charge on any atom is -0.351 e. The number of hydrogen-bond acceptors (Lipinski definition) is 6. The van der Waals surface area contributed by atoms with Crippen molar-refractivity contribution < 1.29 is 9.59 Å². The van der Waals surface area contributed by atoms with Crippen molar-refractivity contribution in [2.24, 2.45) is 0 Å². The Labute approximate surface area is 247 Å². The standard InChI is InChI=1S/C34H38N6O2/c1-21-6-7-24(32(42)36-27-9-10-29-31(18-27)40(22(2)41)20-34(29,3)4)17-28(21)23-8-11-30-25(16-23)19-35-33(38-30)37-26-12-14-39(5)15-13-26/h6-11,16-19,26H,12-15,20H2,1-5H3,(H,36,42)(H,35,37,38). The quantitative estimate of drug-likeness (QED) is 0.310. The minimum absolute atomic E-state index is 0.000923. The topological polar surface area (TPSA) is 90.5 Å². The second kappa shape index (κ2) is 10.8. The minimum atomic E-state index is -0.198. The fraction of sp³-hybridized carbons (Fsp3) is 0.353. The molecule has 1 saturated heterocycles. The predicted octanol–water partition coefficient (Wildman–Crippen LogP) is 6.01. The average Bonchev–Trinajstić information content (AvgIpc) is 3.24. The molecule has 0 bridgehead atoms. The highest BCUT2D eigenvalue weighted by Crippen LogP contribution is 2.42. The summed E-state index contributed by atoms with van der Waals surface area (Å²) < 4.78 is 0. The molecule has 0 unspecified atom stereocenters. The second-order valence-electron chi connectivity index (χ2n) is 12.4. The van der Waals surface area contributed by atoms with E-state index >= 15 is 0 Å². The van der Waals surface area contributed by atoms with Crippen LogP contribution in [0, 0.1) is 6.92 Å². The van der Waals surface area contributed by atoms with Crippen molar-refractivity contribution in [2.45, 2.75) is 52.0 Å². The molecule has 3 heterocycles. The third-order valence-corrected chi connectivity index (χ3v) is 8.65. The van der Waals surface area contributed by atoms with Gasteiger partial charge in [0, 0.05) is 53.4 Å². The molecule has 0 spiro atoms. The van der Waals surface area contributed by atoms with Gasteiger partial charge in [-0.3, -0.25) is 9.59 Å². The molecule has 0 atom stereocenters. The smallest absolute Gasteiger partial charge is 0.255 e. The number of carbonyl (C=O) groups is 2. The van der Waals surface area contributed by atoms with Crippen LogP contribution in [0.5, 0.6) is 0 Å². The highest BCUT2D eigenvalue weighted by Gasteiger charge is 2.37. The molecule has 4 aromatic rings. The van der Waals surface area contributed by atoms with Crippen molar-refractivity contribution in [2.75, 3.05) is 42.2 Å². The molecule has 1 aromatic heterocycles. The van der Waals surface area contributed by atoms with Gasteiger partial charge in [-0.1, -0.05) is 32.0 Å². The molecule has 8 nitrogen and oxygen atoms in total. The fourth-order valence-corrected chi connectivity index (χ4v) is 6.14. The molecule has 6 rings (SSSR count). The Balaban J connectivity index is 1.21. The number of anilines is 3. The lowest BCUT2D eigenvalue weighted by molar-refractivity contribution is -0.116. The number of aromatic nitrogens is 2. The van der Waals surface area contributed by atoms with Crippen LogP contribution >= 0.6 is 0 Å². The second-order valence-corrected chi connectivity index (χ2v) is 12.4. The van der Waals surface area contributed by atoms with Gasteiger partial charge in [-0.05, 0) is 98.6 Å². The molecule has 2 aliphatic heterocycles. The summed E-state index contributed by atoms with van der Waals surface area (Å²) in [5.74, 6) is 0.469. The lowest BCUT2D eigenvalue weighted by Gasteiger charge is -2.29. The molecule has 2 N–H and O–H groups in total. The molecule has 42 heavy (non-hydrogen) atoms. The summed E-state index contributed by atoms with van der Waals surface area (Å²) in [6.45, 7) is 10.7. The number of amides is 2. The summed E-state index contributed by atoms with van der Waals surface area (Å²) in [4.78, 5) is 39.1. The maximum atomic E-state index is 13.4. The molecule has 216 valence electrons. The van der Waals surface area contributed by atoms with Crippen LogP contribution in [0.1, 0.15) is 55.1 Å². The van der Waals surface area contributed by atoms with Gasteiger partial charge in [0.15, 0.2) is 0 Å². The third-order valence-electron chi connectivity index (χ3n) is 8.65. The zero-order valence-corrected chi connectivity index (χ0v) is 25.0. The maximum Gasteiger partial charge on any atom is 0.255 e. The highest BCUT2D eigenvalue weighted by atomic mass is 16.2. The van der Waals surface area contributed by atoms with E-state index in [1.807, 2.05) is 55.6 Å². The van der Waals surface area contributed by atoms with Crippen molar-refractivity contribution in [3.8, 4) is 11.1 Å². The van der Waals surface area contributed by atoms with Gasteiger partial charge in [0.2, 0.25) is 11.9 Å². The van der Waals surface area contributed by atoms with Crippen molar-refractivity contribution in [3.05, 3.63) is 77.5 Å². The van der Waals surface area contributed by atoms with Gasteiger partial charge in [-0.15, -0.1) is 0 Å². The number of nitrogens with one attached hydrogen (secondary N) is 2. The largest absolute Gasteiger partial charge is 0.351 e. The van der Waals surface area contributed by atoms with Crippen LogP contribution < -0.4 is 15.5 Å². The predicted molar refractivity (Wildman–Crippen MR) is 169 cm³/mol. The zero-order chi connectivity index (χ0) is 29.6. The first kappa shape index (κ1) is 27.8. The van der Waals surface area contributed by atoms with E-state index in [4.69, 9.17) is 4.98 Å². The van der Waals surface area contributed by atoms with Crippen molar-refractivity contribution in [1.82, 2.24) is 14.9 Å². The van der Waals surface area contributed by atoms with E-state index in [2.05, 4.69) is 53.5 Å². The third kappa shape index (κ3) is 5.46. The number of carbonyl (C=O) groups excluding carboxylic acids is 2. The number of piperidine rings is 1. The van der Waals surface area contributed by atoms with Crippen LogP contribution in [-0.4, -0.2) is 59.4 Å². The number of aryl methyl sites for hydroxylation is 1. The Morgan fingerprint density at radius 1 is 1.00 bits per heavy atom. The van der Waals surface area contributed by atoms with Gasteiger partial charge in [0.05, 0.1) is 5.52 Å². The monoisotopic (exact) mass is 562 g/mol. The number of hydrogen-bond donors (Lipinski definition) is 2. The zero-order valence-electron chi connectivity index (χ0n) is 25.0. The van der Waals surface area contributed by atoms with Crippen LogP contribution in [0.2, 0.25) is 0 Å². The van der Waals surface area contributed by atoms with Gasteiger partial charge in [-0.25, -0.2) is 9.97 Å². The van der Waals surface area contributed by atoms with Crippen molar-refractivity contribution in [1.29, 1.82) is 0 Å². The van der Waals surface area contributed by atoms with Gasteiger partial charge in [0.25, 0.3) is 5.91 Å². The molecule has 3 aromatic carbocycles. The SMILES string of the molecule is CC(=O)N1CC(C)(C)c2ccc(NC(=O)c3ccc(C)c(-c4ccc5nc(NC6CCN(C)CC6)ncc5c4)c3)cc21. The Morgan fingerprint density at radius 2 is 1.79 bits per heavy atom. The van der Waals surface area contributed by atoms with E-state index in [-0.39, 0.29) is 17.2 Å². The molecule has 0 aliphatic carbocycles. The Hall–Kier alpha value is -4.30. The van der Waals surface area contributed by atoms with E-state index < -0.39 is 0 Å². The number of fused-ring (bicyclic) bond motifs is 2. The first-order valence-corrected chi connectivity index (χ1v) is 14.6. The van der Waals surface area contributed by atoms with Gasteiger partial charge < -0.3 is 20.4 Å². The van der Waals surface area contributed by atoms with Crippen molar-refractivity contribution in [3.63, 3.8) is 0 Å². The fourth-order valence-electron chi connectivity index (χ4n) is 6.14. The van der Waals surface area contributed by atoms with Gasteiger partial charge in [-0.2, -0.15) is 0 Å². The van der Waals surface area contributed by atoms with Crippen LogP contribution in [0.25, 0.3) is 22.0 Å². The first-order valence-electron chi connectivity index (χ1n) is 14.6. The van der Waals surface area contributed by atoms with Crippen molar-refractivity contribution >= 4 is 40.0 Å². The number of likely N-dealkylation sites (tertiary alicyclic amines) is 1. The number of rotatable bonds is 5. The molecule has 2 amide bonds. The van der Waals surface area contributed by atoms with Gasteiger partial charge in [0.1, 0.15) is 0 Å². The Bertz CT molecular complexity index is 1690. The molecule has 0 radical (unpaired) electrons. The van der Waals surface area contributed by atoms with E-state index in [0.29, 0.717) is 29.8 Å². The number of nitrogens with zero attached hydrogens (tertiary/aromatic N) is 4. The summed E-state index contributed by atoms with van der Waals surface area (Å²) in [6, 6.07) is 18.1. The van der Waals surface area contributed by atoms with E-state index in [9.17, 15) is 9.59 Å². The Kier molecular flexibility index (Phi) is 7.19. The van der Waals surface area contributed by atoms with E-state index in [1.165, 1.54) is 0 Å². The highest BCUT2D eigenvalue weighted by molar-refractivity contribution is 6.06. The molecule has 8 heteroatoms. The average molecular weight is 563 g/mol. The first-order chi connectivity index (χ1) is 20.1. The summed E-state index contributed by atoms with van der Waals surface area (Å²) in [6.07, 6.45) is 4.04. The molecular formula is C34H38N6O2. The molecule has 0 saturated carbocycles. The number of benzene rings is 3. The summed E-state index contributed by atoms with van der Waals surface area (Å²) in [7, 11) is 2.16. The lowest BCUT2D eigenvalue weighted by Crippen LogP contribution is -2.37. The summed E-state index contributed by atoms with van der Waals surface area (Å²) >= 11 is 0. The Morgan fingerprint density at radius 3 is 2.55 bits per heavy atom. The summed E-state index contributed by atoms with van der Waals surface area (Å²) in [5, 5.41) is 7.49. The molecular weight excluding hydrogens is 524 g/mol. The van der Waals surface area contributed by atoms with E-state index in [1.54, 1.807) is 11.8 Å². The van der Waals surface area contributed by atoms with Crippen LogP contribution in [-0.2, 0) is 10.2 Å². The lowest BCUT2D eigenvalue weighted by atomic mass is 9.87. The maximum absolute atomic E-state index is 13.4. The van der Waals surface area contributed by atoms with E-state index in [0.717, 1.165) is 64.8 Å².